The van der Waals surface area contributed by atoms with Crippen LogP contribution in [0.25, 0.3) is 0 Å². The molecule has 0 bridgehead atoms. The van der Waals surface area contributed by atoms with E-state index in [1.165, 1.54) is 25.8 Å². The minimum absolute atomic E-state index is 0.0208. The summed E-state index contributed by atoms with van der Waals surface area (Å²) in [4.78, 5) is 28.0. The van der Waals surface area contributed by atoms with E-state index < -0.39 is 0 Å². The fourth-order valence-electron chi connectivity index (χ4n) is 4.03. The summed E-state index contributed by atoms with van der Waals surface area (Å²) in [6.07, 6.45) is 5.27. The molecule has 0 unspecified atom stereocenters. The molecule has 0 saturated carbocycles. The van der Waals surface area contributed by atoms with Gasteiger partial charge in [-0.2, -0.15) is 0 Å². The van der Waals surface area contributed by atoms with Gasteiger partial charge in [0.25, 0.3) is 5.91 Å². The number of amides is 2. The number of benzene rings is 1. The van der Waals surface area contributed by atoms with Gasteiger partial charge >= 0.3 is 0 Å². The molecule has 0 spiro atoms. The molecular formula is C18H23N3O2S. The summed E-state index contributed by atoms with van der Waals surface area (Å²) in [6, 6.07) is 6.38. The molecule has 0 aliphatic carbocycles. The number of thioether (sulfide) groups is 1. The van der Waals surface area contributed by atoms with Gasteiger partial charge in [-0.1, -0.05) is 6.42 Å². The first-order chi connectivity index (χ1) is 11.7. The summed E-state index contributed by atoms with van der Waals surface area (Å²) in [5, 5.41) is 6.14. The van der Waals surface area contributed by atoms with Crippen molar-refractivity contribution in [2.45, 2.75) is 49.1 Å². The predicted molar refractivity (Wildman–Crippen MR) is 95.5 cm³/mol. The summed E-state index contributed by atoms with van der Waals surface area (Å²) in [5.74, 6) is 0.774. The van der Waals surface area contributed by atoms with Crippen LogP contribution in [0, 0.1) is 0 Å². The number of nitrogens with zero attached hydrogens (tertiary/aromatic N) is 1. The van der Waals surface area contributed by atoms with Gasteiger partial charge in [0.15, 0.2) is 0 Å². The van der Waals surface area contributed by atoms with Gasteiger partial charge in [0.05, 0.1) is 5.69 Å². The molecule has 3 aliphatic rings. The number of carbonyl (C=O) groups is 2. The lowest BCUT2D eigenvalue weighted by atomic mass is 9.99. The van der Waals surface area contributed by atoms with Crippen LogP contribution in [-0.2, 0) is 4.79 Å². The Kier molecular flexibility index (Phi) is 4.50. The van der Waals surface area contributed by atoms with E-state index in [-0.39, 0.29) is 17.9 Å². The SMILES string of the molecule is O=C1CCSc2ccc(C(=O)N[C@H]3CCN4CCCC[C@H]34)cc2N1. The minimum Gasteiger partial charge on any atom is -0.348 e. The zero-order valence-electron chi connectivity index (χ0n) is 13.7. The molecule has 6 heteroatoms. The summed E-state index contributed by atoms with van der Waals surface area (Å²) in [6.45, 7) is 2.26. The zero-order chi connectivity index (χ0) is 16.5. The number of anilines is 1. The zero-order valence-corrected chi connectivity index (χ0v) is 14.5. The normalized spacial score (nSPS) is 26.9. The molecule has 2 N–H and O–H groups in total. The molecule has 4 rings (SSSR count). The van der Waals surface area contributed by atoms with Crippen LogP contribution in [0.15, 0.2) is 23.1 Å². The van der Waals surface area contributed by atoms with E-state index in [2.05, 4.69) is 15.5 Å². The Morgan fingerprint density at radius 2 is 2.17 bits per heavy atom. The highest BCUT2D eigenvalue weighted by Crippen LogP contribution is 2.32. The number of hydrogen-bond donors (Lipinski definition) is 2. The third kappa shape index (κ3) is 3.17. The van der Waals surface area contributed by atoms with Crippen molar-refractivity contribution in [2.24, 2.45) is 0 Å². The van der Waals surface area contributed by atoms with Crippen molar-refractivity contribution in [3.05, 3.63) is 23.8 Å². The molecule has 3 aliphatic heterocycles. The van der Waals surface area contributed by atoms with Crippen LogP contribution in [0.5, 0.6) is 0 Å². The molecule has 1 aromatic carbocycles. The van der Waals surface area contributed by atoms with Gasteiger partial charge in [-0.15, -0.1) is 11.8 Å². The molecule has 3 heterocycles. The second-order valence-electron chi connectivity index (χ2n) is 6.83. The van der Waals surface area contributed by atoms with Crippen molar-refractivity contribution in [3.63, 3.8) is 0 Å². The van der Waals surface area contributed by atoms with E-state index in [1.807, 2.05) is 18.2 Å². The Balaban J connectivity index is 1.48. The molecule has 2 amide bonds. The highest BCUT2D eigenvalue weighted by molar-refractivity contribution is 7.99. The van der Waals surface area contributed by atoms with Gasteiger partial charge in [-0.05, 0) is 44.0 Å². The number of rotatable bonds is 2. The van der Waals surface area contributed by atoms with Gasteiger partial charge in [0, 0.05) is 41.3 Å². The molecule has 24 heavy (non-hydrogen) atoms. The van der Waals surface area contributed by atoms with Crippen LogP contribution in [0.2, 0.25) is 0 Å². The Morgan fingerprint density at radius 1 is 1.25 bits per heavy atom. The highest BCUT2D eigenvalue weighted by Gasteiger charge is 2.36. The third-order valence-electron chi connectivity index (χ3n) is 5.28. The molecule has 2 saturated heterocycles. The lowest BCUT2D eigenvalue weighted by Crippen LogP contribution is -2.46. The highest BCUT2D eigenvalue weighted by atomic mass is 32.2. The summed E-state index contributed by atoms with van der Waals surface area (Å²) in [5.41, 5.74) is 1.40. The van der Waals surface area contributed by atoms with E-state index in [9.17, 15) is 9.59 Å². The summed E-state index contributed by atoms with van der Waals surface area (Å²) < 4.78 is 0. The lowest BCUT2D eigenvalue weighted by Gasteiger charge is -2.32. The quantitative estimate of drug-likeness (QED) is 0.864. The van der Waals surface area contributed by atoms with Gasteiger partial charge in [-0.25, -0.2) is 0 Å². The second kappa shape index (κ2) is 6.76. The molecule has 0 aromatic heterocycles. The predicted octanol–water partition coefficient (Wildman–Crippen LogP) is 2.48. The largest absolute Gasteiger partial charge is 0.348 e. The Labute approximate surface area is 146 Å². The first kappa shape index (κ1) is 16.0. The van der Waals surface area contributed by atoms with Gasteiger partial charge in [-0.3, -0.25) is 14.5 Å². The smallest absolute Gasteiger partial charge is 0.251 e. The van der Waals surface area contributed by atoms with E-state index >= 15 is 0 Å². The second-order valence-corrected chi connectivity index (χ2v) is 7.96. The average molecular weight is 345 g/mol. The van der Waals surface area contributed by atoms with Crippen molar-refractivity contribution in [1.82, 2.24) is 10.2 Å². The lowest BCUT2D eigenvalue weighted by molar-refractivity contribution is -0.115. The average Bonchev–Trinajstić information content (AvgIpc) is 2.89. The number of piperidine rings is 1. The third-order valence-corrected chi connectivity index (χ3v) is 6.35. The fraction of sp³-hybridized carbons (Fsp3) is 0.556. The van der Waals surface area contributed by atoms with Gasteiger partial charge in [0.1, 0.15) is 0 Å². The fourth-order valence-corrected chi connectivity index (χ4v) is 4.97. The first-order valence-corrected chi connectivity index (χ1v) is 9.81. The van der Waals surface area contributed by atoms with E-state index in [4.69, 9.17) is 0 Å². The van der Waals surface area contributed by atoms with Crippen LogP contribution >= 0.6 is 11.8 Å². The van der Waals surface area contributed by atoms with Crippen molar-refractivity contribution >= 4 is 29.3 Å². The van der Waals surface area contributed by atoms with Gasteiger partial charge < -0.3 is 10.6 Å². The van der Waals surface area contributed by atoms with E-state index in [0.717, 1.165) is 29.3 Å². The number of nitrogens with one attached hydrogen (secondary N) is 2. The summed E-state index contributed by atoms with van der Waals surface area (Å²) >= 11 is 1.66. The number of fused-ring (bicyclic) bond motifs is 2. The molecule has 5 nitrogen and oxygen atoms in total. The van der Waals surface area contributed by atoms with Crippen LogP contribution in [0.3, 0.4) is 0 Å². The van der Waals surface area contributed by atoms with Crippen LogP contribution in [0.1, 0.15) is 42.5 Å². The maximum Gasteiger partial charge on any atom is 0.251 e. The standard InChI is InChI=1S/C18H23N3O2S/c22-17-7-10-24-16-5-4-12(11-14(16)19-17)18(23)20-13-6-9-21-8-2-1-3-15(13)21/h4-5,11,13,15H,1-3,6-10H2,(H,19,22)(H,20,23)/t13-,15+/m0/s1. The van der Waals surface area contributed by atoms with Crippen molar-refractivity contribution in [1.29, 1.82) is 0 Å². The maximum atomic E-state index is 12.7. The van der Waals surface area contributed by atoms with Crippen LogP contribution in [-0.4, -0.2) is 47.6 Å². The van der Waals surface area contributed by atoms with E-state index in [0.29, 0.717) is 18.0 Å². The van der Waals surface area contributed by atoms with Crippen LogP contribution in [0.4, 0.5) is 5.69 Å². The van der Waals surface area contributed by atoms with Crippen molar-refractivity contribution in [3.8, 4) is 0 Å². The molecular weight excluding hydrogens is 322 g/mol. The van der Waals surface area contributed by atoms with Crippen LogP contribution < -0.4 is 10.6 Å². The molecule has 2 atom stereocenters. The molecule has 1 aromatic rings. The van der Waals surface area contributed by atoms with Gasteiger partial charge in [0.2, 0.25) is 5.91 Å². The summed E-state index contributed by atoms with van der Waals surface area (Å²) in [7, 11) is 0. The number of carbonyl (C=O) groups excluding carboxylic acids is 2. The molecule has 128 valence electrons. The monoisotopic (exact) mass is 345 g/mol. The first-order valence-electron chi connectivity index (χ1n) is 8.82. The van der Waals surface area contributed by atoms with Crippen molar-refractivity contribution in [2.75, 3.05) is 24.2 Å². The Morgan fingerprint density at radius 3 is 3.08 bits per heavy atom. The Hall–Kier alpha value is -1.53. The Bertz CT molecular complexity index is 664. The van der Waals surface area contributed by atoms with E-state index in [1.54, 1.807) is 11.8 Å². The minimum atomic E-state index is -0.0290. The maximum absolute atomic E-state index is 12.7. The van der Waals surface area contributed by atoms with Crippen molar-refractivity contribution < 1.29 is 9.59 Å². The molecule has 2 fully saturated rings. The molecule has 0 radical (unpaired) electrons. The topological polar surface area (TPSA) is 61.4 Å². The number of hydrogen-bond acceptors (Lipinski definition) is 4.